The van der Waals surface area contributed by atoms with Gasteiger partial charge in [0.1, 0.15) is 0 Å². The van der Waals surface area contributed by atoms with Gasteiger partial charge in [-0.05, 0) is 30.7 Å². The summed E-state index contributed by atoms with van der Waals surface area (Å²) in [5.74, 6) is 0.943. The molecule has 0 saturated heterocycles. The molecule has 0 spiro atoms. The zero-order valence-corrected chi connectivity index (χ0v) is 13.1. The predicted molar refractivity (Wildman–Crippen MR) is 86.8 cm³/mol. The average Bonchev–Trinajstić information content (AvgIpc) is 2.53. The lowest BCUT2D eigenvalue weighted by molar-refractivity contribution is -0.122. The Balaban J connectivity index is 1.72. The number of rotatable bonds is 6. The molecule has 0 radical (unpaired) electrons. The van der Waals surface area contributed by atoms with Gasteiger partial charge in [0.15, 0.2) is 0 Å². The Morgan fingerprint density at radius 3 is 2.81 bits per heavy atom. The minimum absolute atomic E-state index is 0.0494. The van der Waals surface area contributed by atoms with Gasteiger partial charge in [-0.2, -0.15) is 0 Å². The molecule has 0 aliphatic heterocycles. The Morgan fingerprint density at radius 1 is 1.33 bits per heavy atom. The fraction of sp³-hybridized carbons (Fsp3) is 0.611. The van der Waals surface area contributed by atoms with Crippen LogP contribution < -0.4 is 11.1 Å². The lowest BCUT2D eigenvalue weighted by atomic mass is 9.84. The van der Waals surface area contributed by atoms with E-state index < -0.39 is 0 Å². The van der Waals surface area contributed by atoms with Gasteiger partial charge in [0.2, 0.25) is 5.91 Å². The van der Waals surface area contributed by atoms with Crippen LogP contribution in [0.4, 0.5) is 0 Å². The van der Waals surface area contributed by atoms with Gasteiger partial charge in [0.05, 0.1) is 0 Å². The number of benzene rings is 1. The summed E-state index contributed by atoms with van der Waals surface area (Å²) in [5.41, 5.74) is 7.25. The van der Waals surface area contributed by atoms with Crippen molar-refractivity contribution in [3.05, 3.63) is 35.9 Å². The number of hydrogen-bond acceptors (Lipinski definition) is 2. The largest absolute Gasteiger partial charge is 0.353 e. The van der Waals surface area contributed by atoms with Crippen molar-refractivity contribution in [3.63, 3.8) is 0 Å². The summed E-state index contributed by atoms with van der Waals surface area (Å²) in [6, 6.07) is 10.3. The van der Waals surface area contributed by atoms with E-state index in [2.05, 4.69) is 12.2 Å². The Hall–Kier alpha value is -1.35. The first-order valence-corrected chi connectivity index (χ1v) is 8.29. The topological polar surface area (TPSA) is 55.1 Å². The molecule has 1 aromatic carbocycles. The van der Waals surface area contributed by atoms with E-state index in [-0.39, 0.29) is 11.9 Å². The molecule has 3 heteroatoms. The zero-order chi connectivity index (χ0) is 15.1. The molecule has 2 rings (SSSR count). The average molecular weight is 288 g/mol. The lowest BCUT2D eigenvalue weighted by Crippen LogP contribution is -2.38. The standard InChI is InChI=1S/C18H28N2O/c1-2-14-7-6-10-16(13-14)20-18(21)12-11-17(19)15-8-4-3-5-9-15/h3-5,8-9,14,16-17H,2,6-7,10-13,19H2,1H3,(H,20,21). The lowest BCUT2D eigenvalue weighted by Gasteiger charge is -2.29. The van der Waals surface area contributed by atoms with Crippen LogP contribution in [0.15, 0.2) is 30.3 Å². The van der Waals surface area contributed by atoms with Gasteiger partial charge >= 0.3 is 0 Å². The summed E-state index contributed by atoms with van der Waals surface area (Å²) in [5, 5.41) is 3.20. The Kier molecular flexibility index (Phi) is 6.24. The van der Waals surface area contributed by atoms with Crippen molar-refractivity contribution < 1.29 is 4.79 Å². The van der Waals surface area contributed by atoms with Crippen molar-refractivity contribution in [2.75, 3.05) is 0 Å². The van der Waals surface area contributed by atoms with Crippen LogP contribution in [0.25, 0.3) is 0 Å². The molecule has 0 bridgehead atoms. The van der Waals surface area contributed by atoms with Gasteiger partial charge in [-0.25, -0.2) is 0 Å². The molecule has 0 aromatic heterocycles. The van der Waals surface area contributed by atoms with Crippen molar-refractivity contribution >= 4 is 5.91 Å². The third kappa shape index (κ3) is 5.16. The molecule has 21 heavy (non-hydrogen) atoms. The Morgan fingerprint density at radius 2 is 2.10 bits per heavy atom. The smallest absolute Gasteiger partial charge is 0.220 e. The second-order valence-electron chi connectivity index (χ2n) is 6.26. The maximum Gasteiger partial charge on any atom is 0.220 e. The molecule has 3 unspecified atom stereocenters. The van der Waals surface area contributed by atoms with Gasteiger partial charge in [-0.1, -0.05) is 56.5 Å². The number of nitrogens with two attached hydrogens (primary N) is 1. The Labute approximate surface area is 128 Å². The summed E-state index contributed by atoms with van der Waals surface area (Å²) in [7, 11) is 0. The van der Waals surface area contributed by atoms with Crippen LogP contribution in [0, 0.1) is 5.92 Å². The number of nitrogens with one attached hydrogen (secondary N) is 1. The molecule has 0 heterocycles. The van der Waals surface area contributed by atoms with Gasteiger partial charge in [-0.15, -0.1) is 0 Å². The minimum Gasteiger partial charge on any atom is -0.353 e. The summed E-state index contributed by atoms with van der Waals surface area (Å²) in [6.45, 7) is 2.24. The van der Waals surface area contributed by atoms with E-state index in [1.165, 1.54) is 19.3 Å². The molecular formula is C18H28N2O. The number of carbonyl (C=O) groups is 1. The first-order chi connectivity index (χ1) is 10.2. The molecule has 1 aliphatic rings. The van der Waals surface area contributed by atoms with Gasteiger partial charge in [0.25, 0.3) is 0 Å². The van der Waals surface area contributed by atoms with E-state index in [1.54, 1.807) is 0 Å². The number of amides is 1. The number of hydrogen-bond donors (Lipinski definition) is 2. The van der Waals surface area contributed by atoms with Crippen LogP contribution in [0.1, 0.15) is 63.5 Å². The van der Waals surface area contributed by atoms with E-state index in [0.717, 1.165) is 24.3 Å². The van der Waals surface area contributed by atoms with E-state index in [9.17, 15) is 4.79 Å². The normalized spacial score (nSPS) is 23.5. The molecule has 3 N–H and O–H groups in total. The summed E-state index contributed by atoms with van der Waals surface area (Å²) >= 11 is 0. The van der Waals surface area contributed by atoms with E-state index >= 15 is 0 Å². The van der Waals surface area contributed by atoms with E-state index in [0.29, 0.717) is 18.9 Å². The first kappa shape index (κ1) is 16.0. The highest BCUT2D eigenvalue weighted by Gasteiger charge is 2.22. The number of carbonyl (C=O) groups excluding carboxylic acids is 1. The maximum atomic E-state index is 12.1. The van der Waals surface area contributed by atoms with Crippen LogP contribution in [-0.4, -0.2) is 11.9 Å². The highest BCUT2D eigenvalue weighted by molar-refractivity contribution is 5.76. The van der Waals surface area contributed by atoms with E-state index in [4.69, 9.17) is 5.73 Å². The van der Waals surface area contributed by atoms with Crippen LogP contribution in [0.5, 0.6) is 0 Å². The second-order valence-corrected chi connectivity index (χ2v) is 6.26. The molecule has 3 atom stereocenters. The summed E-state index contributed by atoms with van der Waals surface area (Å²) < 4.78 is 0. The van der Waals surface area contributed by atoms with Crippen LogP contribution >= 0.6 is 0 Å². The second kappa shape index (κ2) is 8.18. The monoisotopic (exact) mass is 288 g/mol. The predicted octanol–water partition coefficient (Wildman–Crippen LogP) is 3.55. The van der Waals surface area contributed by atoms with Crippen molar-refractivity contribution in [1.29, 1.82) is 0 Å². The highest BCUT2D eigenvalue weighted by atomic mass is 16.1. The first-order valence-electron chi connectivity index (χ1n) is 8.29. The molecule has 1 fully saturated rings. The van der Waals surface area contributed by atoms with Crippen LogP contribution in [-0.2, 0) is 4.79 Å². The fourth-order valence-corrected chi connectivity index (χ4v) is 3.25. The van der Waals surface area contributed by atoms with Crippen LogP contribution in [0.3, 0.4) is 0 Å². The molecular weight excluding hydrogens is 260 g/mol. The van der Waals surface area contributed by atoms with Crippen LogP contribution in [0.2, 0.25) is 0 Å². The van der Waals surface area contributed by atoms with Gasteiger partial charge in [-0.3, -0.25) is 4.79 Å². The van der Waals surface area contributed by atoms with Gasteiger partial charge < -0.3 is 11.1 Å². The zero-order valence-electron chi connectivity index (χ0n) is 13.1. The van der Waals surface area contributed by atoms with Crippen molar-refractivity contribution in [1.82, 2.24) is 5.32 Å². The third-order valence-corrected chi connectivity index (χ3v) is 4.64. The van der Waals surface area contributed by atoms with E-state index in [1.807, 2.05) is 30.3 Å². The molecule has 116 valence electrons. The summed E-state index contributed by atoms with van der Waals surface area (Å²) in [6.07, 6.45) is 7.29. The molecule has 1 saturated carbocycles. The molecule has 1 amide bonds. The van der Waals surface area contributed by atoms with Crippen molar-refractivity contribution in [2.24, 2.45) is 11.7 Å². The molecule has 1 aliphatic carbocycles. The summed E-state index contributed by atoms with van der Waals surface area (Å²) in [4.78, 5) is 12.1. The SMILES string of the molecule is CCC1CCCC(NC(=O)CCC(N)c2ccccc2)C1. The Bertz CT molecular complexity index is 432. The van der Waals surface area contributed by atoms with Crippen molar-refractivity contribution in [3.8, 4) is 0 Å². The third-order valence-electron chi connectivity index (χ3n) is 4.64. The highest BCUT2D eigenvalue weighted by Crippen LogP contribution is 2.26. The fourth-order valence-electron chi connectivity index (χ4n) is 3.25. The van der Waals surface area contributed by atoms with Crippen molar-refractivity contribution in [2.45, 2.75) is 64.0 Å². The molecule has 1 aromatic rings. The molecule has 3 nitrogen and oxygen atoms in total. The minimum atomic E-state index is -0.0494. The maximum absolute atomic E-state index is 12.1. The van der Waals surface area contributed by atoms with Gasteiger partial charge in [0, 0.05) is 18.5 Å². The quantitative estimate of drug-likeness (QED) is 0.841.